The number of ether oxygens (including phenoxy) is 1. The average Bonchev–Trinajstić information content (AvgIpc) is 2.41. The summed E-state index contributed by atoms with van der Waals surface area (Å²) in [5.74, 6) is -1.17. The Hall–Kier alpha value is -1.02. The SMILES string of the molecule is CCOC(=O)C[C@H]1CCNC[C@@H]1CCCl.O=C(O)C(F)(F)F. The molecule has 0 saturated carbocycles. The van der Waals surface area contributed by atoms with E-state index < -0.39 is 12.1 Å². The van der Waals surface area contributed by atoms with Crippen LogP contribution >= 0.6 is 11.6 Å². The van der Waals surface area contributed by atoms with Crippen LogP contribution in [0.1, 0.15) is 26.2 Å². The first-order valence-corrected chi connectivity index (χ1v) is 7.48. The topological polar surface area (TPSA) is 75.6 Å². The molecule has 1 heterocycles. The number of aliphatic carboxylic acids is 1. The molecule has 1 fully saturated rings. The van der Waals surface area contributed by atoms with Crippen molar-refractivity contribution in [2.24, 2.45) is 11.8 Å². The fraction of sp³-hybridized carbons (Fsp3) is 0.846. The van der Waals surface area contributed by atoms with Crippen molar-refractivity contribution in [3.05, 3.63) is 0 Å². The maximum absolute atomic E-state index is 11.4. The molecule has 0 amide bonds. The summed E-state index contributed by atoms with van der Waals surface area (Å²) in [6, 6.07) is 0. The van der Waals surface area contributed by atoms with Gasteiger partial charge in [-0.3, -0.25) is 4.79 Å². The number of carboxylic acids is 1. The van der Waals surface area contributed by atoms with Crippen LogP contribution in [0.5, 0.6) is 0 Å². The quantitative estimate of drug-likeness (QED) is 0.590. The maximum Gasteiger partial charge on any atom is 0.490 e. The lowest BCUT2D eigenvalue weighted by Crippen LogP contribution is -2.38. The minimum absolute atomic E-state index is 0.0658. The highest BCUT2D eigenvalue weighted by molar-refractivity contribution is 6.17. The summed E-state index contributed by atoms with van der Waals surface area (Å²) in [7, 11) is 0. The van der Waals surface area contributed by atoms with Crippen molar-refractivity contribution >= 4 is 23.5 Å². The Balaban J connectivity index is 0.000000534. The fourth-order valence-electron chi connectivity index (χ4n) is 2.16. The van der Waals surface area contributed by atoms with Crippen molar-refractivity contribution in [2.75, 3.05) is 25.6 Å². The number of carboxylic acid groups (broad SMARTS) is 1. The normalized spacial score (nSPS) is 21.5. The lowest BCUT2D eigenvalue weighted by Gasteiger charge is -2.31. The van der Waals surface area contributed by atoms with Gasteiger partial charge < -0.3 is 15.2 Å². The fourth-order valence-corrected chi connectivity index (χ4v) is 2.44. The van der Waals surface area contributed by atoms with E-state index in [1.807, 2.05) is 6.92 Å². The van der Waals surface area contributed by atoms with Crippen LogP contribution in [0.4, 0.5) is 13.2 Å². The molecule has 1 aliphatic heterocycles. The van der Waals surface area contributed by atoms with E-state index in [-0.39, 0.29) is 5.97 Å². The zero-order chi connectivity index (χ0) is 17.2. The molecule has 22 heavy (non-hydrogen) atoms. The summed E-state index contributed by atoms with van der Waals surface area (Å²) in [4.78, 5) is 20.3. The third kappa shape index (κ3) is 9.09. The zero-order valence-electron chi connectivity index (χ0n) is 12.3. The molecule has 1 aliphatic rings. The molecule has 2 atom stereocenters. The van der Waals surface area contributed by atoms with Gasteiger partial charge in [0, 0.05) is 12.3 Å². The first kappa shape index (κ1) is 21.0. The summed E-state index contributed by atoms with van der Waals surface area (Å²) in [5.41, 5.74) is 0. The van der Waals surface area contributed by atoms with Gasteiger partial charge in [0.25, 0.3) is 0 Å². The van der Waals surface area contributed by atoms with Crippen molar-refractivity contribution in [1.82, 2.24) is 5.32 Å². The number of rotatable bonds is 5. The van der Waals surface area contributed by atoms with Crippen LogP contribution in [0.15, 0.2) is 0 Å². The Bertz CT molecular complexity index is 351. The number of carbonyl (C=O) groups excluding carboxylic acids is 1. The molecule has 9 heteroatoms. The molecule has 1 rings (SSSR count). The third-order valence-corrected chi connectivity index (χ3v) is 3.44. The highest BCUT2D eigenvalue weighted by Crippen LogP contribution is 2.26. The summed E-state index contributed by atoms with van der Waals surface area (Å²) in [6.45, 7) is 4.31. The molecule has 5 nitrogen and oxygen atoms in total. The van der Waals surface area contributed by atoms with Gasteiger partial charge in [-0.05, 0) is 44.7 Å². The number of halogens is 4. The molecular weight excluding hydrogens is 327 g/mol. The predicted molar refractivity (Wildman–Crippen MR) is 74.7 cm³/mol. The molecule has 0 aliphatic carbocycles. The van der Waals surface area contributed by atoms with E-state index in [1.165, 1.54) is 0 Å². The lowest BCUT2D eigenvalue weighted by atomic mass is 9.82. The molecule has 0 bridgehead atoms. The minimum atomic E-state index is -5.08. The van der Waals surface area contributed by atoms with Gasteiger partial charge in [-0.1, -0.05) is 0 Å². The molecule has 0 aromatic heterocycles. The highest BCUT2D eigenvalue weighted by atomic mass is 35.5. The molecule has 0 radical (unpaired) electrons. The Labute approximate surface area is 132 Å². The first-order valence-electron chi connectivity index (χ1n) is 6.94. The van der Waals surface area contributed by atoms with Crippen molar-refractivity contribution in [1.29, 1.82) is 0 Å². The second-order valence-electron chi connectivity index (χ2n) is 4.80. The Kier molecular flexibility index (Phi) is 10.2. The second kappa shape index (κ2) is 10.7. The smallest absolute Gasteiger partial charge is 0.475 e. The van der Waals surface area contributed by atoms with Crippen LogP contribution in [-0.4, -0.2) is 48.8 Å². The van der Waals surface area contributed by atoms with Crippen molar-refractivity contribution < 1.29 is 32.6 Å². The van der Waals surface area contributed by atoms with E-state index >= 15 is 0 Å². The number of carbonyl (C=O) groups is 2. The molecule has 0 aromatic carbocycles. The van der Waals surface area contributed by atoms with Gasteiger partial charge in [0.2, 0.25) is 0 Å². The molecular formula is C13H21ClF3NO4. The number of piperidine rings is 1. The molecule has 2 N–H and O–H groups in total. The average molecular weight is 348 g/mol. The molecule has 130 valence electrons. The van der Waals surface area contributed by atoms with E-state index in [9.17, 15) is 18.0 Å². The lowest BCUT2D eigenvalue weighted by molar-refractivity contribution is -0.192. The first-order chi connectivity index (χ1) is 10.2. The van der Waals surface area contributed by atoms with E-state index in [0.717, 1.165) is 25.9 Å². The van der Waals surface area contributed by atoms with Crippen molar-refractivity contribution in [2.45, 2.75) is 32.4 Å². The standard InChI is InChI=1S/C11H20ClNO2.C2HF3O2/c1-2-15-11(14)7-9-4-6-13-8-10(9)3-5-12;3-2(4,5)1(6)7/h9-10,13H,2-8H2,1H3;(H,6,7)/t9-,10+;/m1./s1. The van der Waals surface area contributed by atoms with E-state index in [2.05, 4.69) is 5.32 Å². The number of hydrogen-bond acceptors (Lipinski definition) is 4. The van der Waals surface area contributed by atoms with Gasteiger partial charge in [0.1, 0.15) is 0 Å². The van der Waals surface area contributed by atoms with Crippen molar-refractivity contribution in [3.8, 4) is 0 Å². The number of hydrogen-bond donors (Lipinski definition) is 2. The van der Waals surface area contributed by atoms with Crippen LogP contribution in [-0.2, 0) is 14.3 Å². The van der Waals surface area contributed by atoms with Gasteiger partial charge in [-0.25, -0.2) is 4.79 Å². The van der Waals surface area contributed by atoms with E-state index in [1.54, 1.807) is 0 Å². The van der Waals surface area contributed by atoms with Gasteiger partial charge in [0.15, 0.2) is 0 Å². The maximum atomic E-state index is 11.4. The largest absolute Gasteiger partial charge is 0.490 e. The van der Waals surface area contributed by atoms with E-state index in [0.29, 0.717) is 30.7 Å². The molecule has 0 spiro atoms. The monoisotopic (exact) mass is 347 g/mol. The van der Waals surface area contributed by atoms with Gasteiger partial charge in [0.05, 0.1) is 6.61 Å². The number of esters is 1. The van der Waals surface area contributed by atoms with Crippen LogP contribution in [0.2, 0.25) is 0 Å². The second-order valence-corrected chi connectivity index (χ2v) is 5.18. The highest BCUT2D eigenvalue weighted by Gasteiger charge is 2.38. The molecule has 1 saturated heterocycles. The Morgan fingerprint density at radius 3 is 2.41 bits per heavy atom. The third-order valence-electron chi connectivity index (χ3n) is 3.22. The van der Waals surface area contributed by atoms with Gasteiger partial charge >= 0.3 is 18.1 Å². The summed E-state index contributed by atoms with van der Waals surface area (Å²) < 4.78 is 36.7. The Morgan fingerprint density at radius 2 is 1.95 bits per heavy atom. The van der Waals surface area contributed by atoms with Crippen LogP contribution in [0, 0.1) is 11.8 Å². The molecule has 0 aromatic rings. The van der Waals surface area contributed by atoms with Crippen LogP contribution in [0.25, 0.3) is 0 Å². The van der Waals surface area contributed by atoms with E-state index in [4.69, 9.17) is 26.2 Å². The Morgan fingerprint density at radius 1 is 1.36 bits per heavy atom. The van der Waals surface area contributed by atoms with Gasteiger partial charge in [-0.2, -0.15) is 13.2 Å². The minimum Gasteiger partial charge on any atom is -0.475 e. The molecule has 0 unspecified atom stereocenters. The predicted octanol–water partition coefficient (Wildman–Crippen LogP) is 2.43. The zero-order valence-corrected chi connectivity index (χ0v) is 13.0. The summed E-state index contributed by atoms with van der Waals surface area (Å²) >= 11 is 5.75. The number of nitrogens with one attached hydrogen (secondary N) is 1. The summed E-state index contributed by atoms with van der Waals surface area (Å²) in [6.07, 6.45) is -2.49. The van der Waals surface area contributed by atoms with Crippen molar-refractivity contribution in [3.63, 3.8) is 0 Å². The van der Waals surface area contributed by atoms with Crippen LogP contribution < -0.4 is 5.32 Å². The number of alkyl halides is 4. The van der Waals surface area contributed by atoms with Gasteiger partial charge in [-0.15, -0.1) is 11.6 Å². The summed E-state index contributed by atoms with van der Waals surface area (Å²) in [5, 5.41) is 10.5. The van der Waals surface area contributed by atoms with Crippen LogP contribution in [0.3, 0.4) is 0 Å².